The minimum Gasteiger partial charge on any atom is -0.494 e. The Morgan fingerprint density at radius 3 is 1.60 bits per heavy atom. The fraction of sp³-hybridized carbons (Fsp3) is 0.120. The molecule has 4 aromatic rings. The molecule has 0 aliphatic rings. The van der Waals surface area contributed by atoms with E-state index < -0.39 is 0 Å². The smallest absolute Gasteiger partial charge is 0.119 e. The lowest BCUT2D eigenvalue weighted by Gasteiger charge is -2.16. The molecule has 0 saturated heterocycles. The molecule has 5 nitrogen and oxygen atoms in total. The first-order valence-electron chi connectivity index (χ1n) is 10.1. The summed E-state index contributed by atoms with van der Waals surface area (Å²) in [4.78, 5) is 0. The van der Waals surface area contributed by atoms with Crippen LogP contribution in [0.4, 0.5) is 22.7 Å². The van der Waals surface area contributed by atoms with Gasteiger partial charge in [0.15, 0.2) is 0 Å². The SMILES string of the molecule is CCOc1ccc(NNc2ccc(NNc3ccc(C)cc3)c3ccccc23)cc1. The summed E-state index contributed by atoms with van der Waals surface area (Å²) in [7, 11) is 0. The Morgan fingerprint density at radius 2 is 1.10 bits per heavy atom. The molecule has 0 heterocycles. The summed E-state index contributed by atoms with van der Waals surface area (Å²) >= 11 is 0. The van der Waals surface area contributed by atoms with Crippen molar-refractivity contribution in [2.75, 3.05) is 28.3 Å². The van der Waals surface area contributed by atoms with E-state index in [-0.39, 0.29) is 0 Å². The molecule has 0 unspecified atom stereocenters. The summed E-state index contributed by atoms with van der Waals surface area (Å²) in [6.07, 6.45) is 0. The van der Waals surface area contributed by atoms with E-state index in [0.717, 1.165) is 39.3 Å². The van der Waals surface area contributed by atoms with E-state index >= 15 is 0 Å². The lowest BCUT2D eigenvalue weighted by molar-refractivity contribution is 0.340. The van der Waals surface area contributed by atoms with Crippen molar-refractivity contribution in [2.24, 2.45) is 0 Å². The largest absolute Gasteiger partial charge is 0.494 e. The molecule has 0 bridgehead atoms. The van der Waals surface area contributed by atoms with Crippen molar-refractivity contribution in [1.29, 1.82) is 0 Å². The first kappa shape index (κ1) is 19.5. The molecule has 152 valence electrons. The second kappa shape index (κ2) is 9.09. The zero-order valence-electron chi connectivity index (χ0n) is 17.2. The Bertz CT molecular complexity index is 1110. The second-order valence-electron chi connectivity index (χ2n) is 7.03. The number of nitrogens with one attached hydrogen (secondary N) is 4. The van der Waals surface area contributed by atoms with Crippen LogP contribution in [0.15, 0.2) is 84.9 Å². The second-order valence-corrected chi connectivity index (χ2v) is 7.03. The van der Waals surface area contributed by atoms with Gasteiger partial charge in [-0.2, -0.15) is 0 Å². The topological polar surface area (TPSA) is 57.4 Å². The monoisotopic (exact) mass is 398 g/mol. The predicted octanol–water partition coefficient (Wildman–Crippen LogP) is 6.42. The third-order valence-corrected chi connectivity index (χ3v) is 4.82. The highest BCUT2D eigenvalue weighted by Gasteiger charge is 2.06. The van der Waals surface area contributed by atoms with Crippen molar-refractivity contribution in [2.45, 2.75) is 13.8 Å². The van der Waals surface area contributed by atoms with E-state index in [9.17, 15) is 0 Å². The number of fused-ring (bicyclic) bond motifs is 1. The van der Waals surface area contributed by atoms with Gasteiger partial charge in [-0.15, -0.1) is 0 Å². The molecule has 0 atom stereocenters. The Kier molecular flexibility index (Phi) is 5.90. The predicted molar refractivity (Wildman–Crippen MR) is 127 cm³/mol. The summed E-state index contributed by atoms with van der Waals surface area (Å²) in [5.74, 6) is 0.866. The van der Waals surface area contributed by atoms with E-state index in [1.807, 2.05) is 43.3 Å². The molecule has 4 N–H and O–H groups in total. The van der Waals surface area contributed by atoms with Crippen molar-refractivity contribution in [3.63, 3.8) is 0 Å². The van der Waals surface area contributed by atoms with Crippen molar-refractivity contribution in [3.8, 4) is 5.75 Å². The zero-order valence-corrected chi connectivity index (χ0v) is 17.2. The van der Waals surface area contributed by atoms with E-state index in [4.69, 9.17) is 4.74 Å². The molecular weight excluding hydrogens is 372 g/mol. The number of benzene rings is 4. The third kappa shape index (κ3) is 4.58. The fourth-order valence-corrected chi connectivity index (χ4v) is 3.23. The first-order chi connectivity index (χ1) is 14.7. The molecule has 0 saturated carbocycles. The number of rotatable bonds is 8. The molecule has 0 spiro atoms. The minimum atomic E-state index is 0.663. The number of aryl methyl sites for hydroxylation is 1. The fourth-order valence-electron chi connectivity index (χ4n) is 3.23. The van der Waals surface area contributed by atoms with E-state index in [2.05, 4.69) is 77.2 Å². The number of hydrogen-bond donors (Lipinski definition) is 4. The summed E-state index contributed by atoms with van der Waals surface area (Å²) < 4.78 is 5.49. The van der Waals surface area contributed by atoms with Crippen LogP contribution in [-0.4, -0.2) is 6.61 Å². The Morgan fingerprint density at radius 1 is 0.600 bits per heavy atom. The van der Waals surface area contributed by atoms with Crippen LogP contribution < -0.4 is 26.4 Å². The van der Waals surface area contributed by atoms with Crippen LogP contribution in [0.5, 0.6) is 5.75 Å². The van der Waals surface area contributed by atoms with Crippen LogP contribution in [0.25, 0.3) is 10.8 Å². The molecule has 0 amide bonds. The van der Waals surface area contributed by atoms with Crippen LogP contribution in [-0.2, 0) is 0 Å². The highest BCUT2D eigenvalue weighted by molar-refractivity contribution is 6.02. The highest BCUT2D eigenvalue weighted by Crippen LogP contribution is 2.30. The highest BCUT2D eigenvalue weighted by atomic mass is 16.5. The Labute approximate surface area is 177 Å². The van der Waals surface area contributed by atoms with Crippen LogP contribution in [0.1, 0.15) is 12.5 Å². The maximum atomic E-state index is 5.49. The van der Waals surface area contributed by atoms with Crippen LogP contribution in [0, 0.1) is 6.92 Å². The molecular formula is C25H26N4O. The van der Waals surface area contributed by atoms with Gasteiger partial charge in [0.05, 0.1) is 29.4 Å². The lowest BCUT2D eigenvalue weighted by atomic mass is 10.1. The summed E-state index contributed by atoms with van der Waals surface area (Å²) in [5.41, 5.74) is 18.4. The Balaban J connectivity index is 1.49. The van der Waals surface area contributed by atoms with Gasteiger partial charge >= 0.3 is 0 Å². The van der Waals surface area contributed by atoms with E-state index in [1.54, 1.807) is 0 Å². The van der Waals surface area contributed by atoms with Gasteiger partial charge in [0, 0.05) is 10.8 Å². The van der Waals surface area contributed by atoms with Crippen LogP contribution in [0.3, 0.4) is 0 Å². The molecule has 5 heteroatoms. The average molecular weight is 399 g/mol. The summed E-state index contributed by atoms with van der Waals surface area (Å²) in [6.45, 7) is 4.72. The van der Waals surface area contributed by atoms with Crippen molar-refractivity contribution in [1.82, 2.24) is 0 Å². The first-order valence-corrected chi connectivity index (χ1v) is 10.1. The third-order valence-electron chi connectivity index (χ3n) is 4.82. The van der Waals surface area contributed by atoms with Gasteiger partial charge in [-0.25, -0.2) is 0 Å². The number of anilines is 4. The van der Waals surface area contributed by atoms with Crippen LogP contribution >= 0.6 is 0 Å². The quantitative estimate of drug-likeness (QED) is 0.258. The molecule has 4 rings (SSSR count). The molecule has 0 aliphatic heterocycles. The zero-order chi connectivity index (χ0) is 20.8. The number of hydrazine groups is 2. The Hall–Kier alpha value is -3.86. The van der Waals surface area contributed by atoms with E-state index in [0.29, 0.717) is 6.61 Å². The minimum absolute atomic E-state index is 0.663. The van der Waals surface area contributed by atoms with Crippen molar-refractivity contribution >= 4 is 33.5 Å². The van der Waals surface area contributed by atoms with Crippen molar-refractivity contribution in [3.05, 3.63) is 90.5 Å². The van der Waals surface area contributed by atoms with Gasteiger partial charge < -0.3 is 26.4 Å². The average Bonchev–Trinajstić information content (AvgIpc) is 2.79. The summed E-state index contributed by atoms with van der Waals surface area (Å²) in [6, 6.07) is 28.6. The lowest BCUT2D eigenvalue weighted by Crippen LogP contribution is -2.11. The molecule has 0 radical (unpaired) electrons. The molecule has 0 aliphatic carbocycles. The number of hydrogen-bond acceptors (Lipinski definition) is 5. The van der Waals surface area contributed by atoms with Gasteiger partial charge in [0.25, 0.3) is 0 Å². The van der Waals surface area contributed by atoms with Crippen LogP contribution in [0.2, 0.25) is 0 Å². The maximum Gasteiger partial charge on any atom is 0.119 e. The molecule has 0 fully saturated rings. The van der Waals surface area contributed by atoms with Crippen molar-refractivity contribution < 1.29 is 4.74 Å². The standard InChI is InChI=1S/C25H26N4O/c1-3-30-21-14-12-20(13-15-21)27-29-25-17-16-24(22-6-4-5-7-23(22)25)28-26-19-10-8-18(2)9-11-19/h4-17,26-29H,3H2,1-2H3. The molecule has 4 aromatic carbocycles. The van der Waals surface area contributed by atoms with Gasteiger partial charge in [0.2, 0.25) is 0 Å². The van der Waals surface area contributed by atoms with E-state index in [1.165, 1.54) is 5.56 Å². The van der Waals surface area contributed by atoms with Gasteiger partial charge in [-0.3, -0.25) is 0 Å². The maximum absolute atomic E-state index is 5.49. The van der Waals surface area contributed by atoms with Gasteiger partial charge in [-0.1, -0.05) is 42.0 Å². The van der Waals surface area contributed by atoms with Gasteiger partial charge in [-0.05, 0) is 62.4 Å². The van der Waals surface area contributed by atoms with Gasteiger partial charge in [0.1, 0.15) is 5.75 Å². The number of ether oxygens (including phenoxy) is 1. The molecule has 0 aromatic heterocycles. The normalized spacial score (nSPS) is 10.5. The molecule has 30 heavy (non-hydrogen) atoms. The summed E-state index contributed by atoms with van der Waals surface area (Å²) in [5, 5.41) is 2.24.